The van der Waals surface area contributed by atoms with Crippen molar-refractivity contribution in [2.45, 2.75) is 19.4 Å². The Balaban J connectivity index is 2.77. The molecule has 4 nitrogen and oxygen atoms in total. The molecule has 0 aliphatic heterocycles. The van der Waals surface area contributed by atoms with Crippen molar-refractivity contribution in [3.63, 3.8) is 0 Å². The van der Waals surface area contributed by atoms with Crippen LogP contribution in [0.5, 0.6) is 0 Å². The normalized spacial score (nSPS) is 13.9. The summed E-state index contributed by atoms with van der Waals surface area (Å²) in [7, 11) is 1.61. The molecule has 1 rings (SSSR count). The second-order valence-electron chi connectivity index (χ2n) is 4.27. The third-order valence-corrected chi connectivity index (χ3v) is 2.57. The van der Waals surface area contributed by atoms with Gasteiger partial charge in [-0.15, -0.1) is 0 Å². The summed E-state index contributed by atoms with van der Waals surface area (Å²) in [4.78, 5) is 10.9. The molecule has 0 aliphatic carbocycles. The molecule has 100 valence electrons. The Morgan fingerprint density at radius 3 is 2.50 bits per heavy atom. The molecule has 0 spiro atoms. The number of halogens is 1. The van der Waals surface area contributed by atoms with Crippen LogP contribution in [0.3, 0.4) is 0 Å². The van der Waals surface area contributed by atoms with Gasteiger partial charge in [-0.3, -0.25) is 0 Å². The number of methoxy groups -OCH3 is 1. The van der Waals surface area contributed by atoms with Crippen LogP contribution in [-0.2, 0) is 9.47 Å². The van der Waals surface area contributed by atoms with Crippen molar-refractivity contribution in [1.82, 2.24) is 0 Å². The highest BCUT2D eigenvalue weighted by Gasteiger charge is 2.18. The zero-order valence-corrected chi connectivity index (χ0v) is 10.6. The Morgan fingerprint density at radius 2 is 2.00 bits per heavy atom. The quantitative estimate of drug-likeness (QED) is 0.850. The zero-order valence-electron chi connectivity index (χ0n) is 10.6. The molecule has 0 saturated carbocycles. The molecular formula is C13H18FNO3. The van der Waals surface area contributed by atoms with Gasteiger partial charge in [0.15, 0.2) is 0 Å². The van der Waals surface area contributed by atoms with Crippen LogP contribution in [0.25, 0.3) is 0 Å². The Labute approximate surface area is 106 Å². The van der Waals surface area contributed by atoms with Crippen LogP contribution in [0, 0.1) is 11.7 Å². The summed E-state index contributed by atoms with van der Waals surface area (Å²) < 4.78 is 22.9. The van der Waals surface area contributed by atoms with Crippen molar-refractivity contribution in [3.05, 3.63) is 35.6 Å². The van der Waals surface area contributed by atoms with E-state index in [-0.39, 0.29) is 11.7 Å². The van der Waals surface area contributed by atoms with Crippen molar-refractivity contribution in [2.75, 3.05) is 13.7 Å². The molecule has 0 saturated heterocycles. The lowest BCUT2D eigenvalue weighted by Gasteiger charge is -2.20. The van der Waals surface area contributed by atoms with Gasteiger partial charge in [-0.1, -0.05) is 19.1 Å². The molecular weight excluding hydrogens is 237 g/mol. The fourth-order valence-corrected chi connectivity index (χ4v) is 1.79. The van der Waals surface area contributed by atoms with Gasteiger partial charge in [0.2, 0.25) is 0 Å². The maximum absolute atomic E-state index is 12.8. The van der Waals surface area contributed by atoms with E-state index < -0.39 is 12.2 Å². The van der Waals surface area contributed by atoms with Gasteiger partial charge in [0.05, 0.1) is 0 Å². The standard InChI is InChI=1S/C13H18FNO3/c1-9(8-17-2)7-12(18-13(15)16)10-3-5-11(14)6-4-10/h3-6,9,12H,7-8H2,1-2H3,(H2,15,16)/t9-,12-/m0/s1. The van der Waals surface area contributed by atoms with Gasteiger partial charge in [0, 0.05) is 13.7 Å². The topological polar surface area (TPSA) is 61.6 Å². The van der Waals surface area contributed by atoms with Gasteiger partial charge < -0.3 is 15.2 Å². The van der Waals surface area contributed by atoms with Crippen LogP contribution < -0.4 is 5.73 Å². The SMILES string of the molecule is COC[C@@H](C)C[C@H](OC(N)=O)c1ccc(F)cc1. The fourth-order valence-electron chi connectivity index (χ4n) is 1.79. The Morgan fingerprint density at radius 1 is 1.39 bits per heavy atom. The third kappa shape index (κ3) is 4.71. The van der Waals surface area contributed by atoms with Crippen LogP contribution in [0.1, 0.15) is 25.0 Å². The Hall–Kier alpha value is -1.62. The first kappa shape index (κ1) is 14.4. The van der Waals surface area contributed by atoms with E-state index >= 15 is 0 Å². The second-order valence-corrected chi connectivity index (χ2v) is 4.27. The lowest BCUT2D eigenvalue weighted by atomic mass is 9.98. The van der Waals surface area contributed by atoms with Gasteiger partial charge in [0.25, 0.3) is 0 Å². The fraction of sp³-hybridized carbons (Fsp3) is 0.462. The van der Waals surface area contributed by atoms with E-state index in [0.717, 1.165) is 5.56 Å². The van der Waals surface area contributed by atoms with Gasteiger partial charge in [-0.2, -0.15) is 0 Å². The molecule has 2 atom stereocenters. The van der Waals surface area contributed by atoms with Crippen LogP contribution in [0.2, 0.25) is 0 Å². The first-order chi connectivity index (χ1) is 8.52. The number of rotatable bonds is 6. The molecule has 1 aromatic rings. The Bertz CT molecular complexity index is 380. The number of primary amides is 1. The lowest BCUT2D eigenvalue weighted by Crippen LogP contribution is -2.20. The highest BCUT2D eigenvalue weighted by molar-refractivity contribution is 5.65. The first-order valence-electron chi connectivity index (χ1n) is 5.73. The molecule has 1 amide bonds. The number of carbonyl (C=O) groups excluding carboxylic acids is 1. The summed E-state index contributed by atoms with van der Waals surface area (Å²) in [5.74, 6) is -0.133. The van der Waals surface area contributed by atoms with Gasteiger partial charge in [0.1, 0.15) is 11.9 Å². The zero-order chi connectivity index (χ0) is 13.5. The smallest absolute Gasteiger partial charge is 0.405 e. The van der Waals surface area contributed by atoms with Crippen molar-refractivity contribution in [3.8, 4) is 0 Å². The van der Waals surface area contributed by atoms with E-state index in [2.05, 4.69) is 0 Å². The van der Waals surface area contributed by atoms with E-state index in [4.69, 9.17) is 15.2 Å². The Kier molecular flexibility index (Phi) is 5.58. The number of hydrogen-bond donors (Lipinski definition) is 1. The summed E-state index contributed by atoms with van der Waals surface area (Å²) in [5, 5.41) is 0. The molecule has 1 aromatic carbocycles. The van der Waals surface area contributed by atoms with E-state index in [9.17, 15) is 9.18 Å². The lowest BCUT2D eigenvalue weighted by molar-refractivity contribution is 0.0739. The van der Waals surface area contributed by atoms with E-state index in [1.165, 1.54) is 12.1 Å². The summed E-state index contributed by atoms with van der Waals surface area (Å²) >= 11 is 0. The monoisotopic (exact) mass is 255 g/mol. The number of nitrogens with two attached hydrogens (primary N) is 1. The molecule has 0 radical (unpaired) electrons. The van der Waals surface area contributed by atoms with Gasteiger partial charge in [-0.05, 0) is 30.0 Å². The molecule has 0 bridgehead atoms. The number of amides is 1. The predicted octanol–water partition coefficient (Wildman–Crippen LogP) is 2.63. The van der Waals surface area contributed by atoms with Crippen LogP contribution in [0.15, 0.2) is 24.3 Å². The number of carbonyl (C=O) groups is 1. The molecule has 0 aliphatic rings. The van der Waals surface area contributed by atoms with Crippen LogP contribution in [-0.4, -0.2) is 19.8 Å². The highest BCUT2D eigenvalue weighted by Crippen LogP contribution is 2.25. The van der Waals surface area contributed by atoms with Crippen LogP contribution in [0.4, 0.5) is 9.18 Å². The van der Waals surface area contributed by atoms with E-state index in [1.807, 2.05) is 6.92 Å². The largest absolute Gasteiger partial charge is 0.442 e. The maximum Gasteiger partial charge on any atom is 0.405 e. The number of ether oxygens (including phenoxy) is 2. The summed E-state index contributed by atoms with van der Waals surface area (Å²) in [6.07, 6.45) is -0.746. The predicted molar refractivity (Wildman–Crippen MR) is 65.5 cm³/mol. The van der Waals surface area contributed by atoms with Crippen molar-refractivity contribution in [2.24, 2.45) is 11.7 Å². The summed E-state index contributed by atoms with van der Waals surface area (Å²) in [6, 6.07) is 5.83. The van der Waals surface area contributed by atoms with Crippen molar-refractivity contribution in [1.29, 1.82) is 0 Å². The molecule has 0 unspecified atom stereocenters. The summed E-state index contributed by atoms with van der Waals surface area (Å²) in [6.45, 7) is 2.53. The van der Waals surface area contributed by atoms with Gasteiger partial charge in [-0.25, -0.2) is 9.18 Å². The van der Waals surface area contributed by atoms with E-state index in [1.54, 1.807) is 19.2 Å². The maximum atomic E-state index is 12.8. The average molecular weight is 255 g/mol. The minimum absolute atomic E-state index is 0.199. The minimum atomic E-state index is -0.839. The molecule has 5 heteroatoms. The van der Waals surface area contributed by atoms with E-state index in [0.29, 0.717) is 13.0 Å². The highest BCUT2D eigenvalue weighted by atomic mass is 19.1. The van der Waals surface area contributed by atoms with Crippen LogP contribution >= 0.6 is 0 Å². The first-order valence-corrected chi connectivity index (χ1v) is 5.73. The second kappa shape index (κ2) is 6.96. The molecule has 0 heterocycles. The average Bonchev–Trinajstić information content (AvgIpc) is 2.28. The van der Waals surface area contributed by atoms with Crippen molar-refractivity contribution < 1.29 is 18.7 Å². The minimum Gasteiger partial charge on any atom is -0.442 e. The number of hydrogen-bond acceptors (Lipinski definition) is 3. The summed E-state index contributed by atoms with van der Waals surface area (Å²) in [5.41, 5.74) is 5.76. The molecule has 0 aromatic heterocycles. The molecule has 2 N–H and O–H groups in total. The van der Waals surface area contributed by atoms with Crippen molar-refractivity contribution >= 4 is 6.09 Å². The molecule has 0 fully saturated rings. The van der Waals surface area contributed by atoms with Gasteiger partial charge >= 0.3 is 6.09 Å². The molecule has 18 heavy (non-hydrogen) atoms. The number of benzene rings is 1. The third-order valence-electron chi connectivity index (χ3n) is 2.57.